The van der Waals surface area contributed by atoms with Gasteiger partial charge in [-0.2, -0.15) is 0 Å². The fourth-order valence-electron chi connectivity index (χ4n) is 2.77. The minimum atomic E-state index is 0.555. The highest BCUT2D eigenvalue weighted by Crippen LogP contribution is 2.46. The van der Waals surface area contributed by atoms with E-state index < -0.39 is 0 Å². The van der Waals surface area contributed by atoms with Gasteiger partial charge in [0.2, 0.25) is 0 Å². The van der Waals surface area contributed by atoms with Gasteiger partial charge in [-0.25, -0.2) is 0 Å². The molecule has 11 heavy (non-hydrogen) atoms. The molecule has 0 aromatic carbocycles. The van der Waals surface area contributed by atoms with Crippen LogP contribution in [0.4, 0.5) is 0 Å². The first-order valence-corrected chi connectivity index (χ1v) is 4.82. The van der Waals surface area contributed by atoms with Gasteiger partial charge in [0.1, 0.15) is 0 Å². The molecule has 1 saturated carbocycles. The van der Waals surface area contributed by atoms with Crippen molar-refractivity contribution in [3.05, 3.63) is 0 Å². The van der Waals surface area contributed by atoms with Crippen LogP contribution in [0.1, 0.15) is 39.5 Å². The second-order valence-corrected chi connectivity index (χ2v) is 4.69. The monoisotopic (exact) mass is 154 g/mol. The Morgan fingerprint density at radius 2 is 2.09 bits per heavy atom. The lowest BCUT2D eigenvalue weighted by Crippen LogP contribution is -2.35. The van der Waals surface area contributed by atoms with Crippen LogP contribution in [-0.4, -0.2) is 12.7 Å². The number of rotatable bonds is 0. The quantitative estimate of drug-likeness (QED) is 0.521. The average molecular weight is 154 g/mol. The Hall–Kier alpha value is -0.0400. The van der Waals surface area contributed by atoms with E-state index >= 15 is 0 Å². The zero-order valence-corrected chi connectivity index (χ0v) is 7.60. The lowest BCUT2D eigenvalue weighted by Gasteiger charge is -2.39. The minimum absolute atomic E-state index is 0.555. The molecule has 64 valence electrons. The second kappa shape index (κ2) is 2.48. The Kier molecular flexibility index (Phi) is 1.71. The third kappa shape index (κ3) is 1.20. The SMILES string of the molecule is CC1(C)CCC[C@@H]2OCC[C@@H]21. The molecule has 0 amide bonds. The molecule has 2 aliphatic rings. The smallest absolute Gasteiger partial charge is 0.0609 e. The number of fused-ring (bicyclic) bond motifs is 1. The zero-order valence-electron chi connectivity index (χ0n) is 7.60. The molecule has 0 N–H and O–H groups in total. The maximum atomic E-state index is 5.69. The first-order valence-electron chi connectivity index (χ1n) is 4.82. The molecule has 2 fully saturated rings. The van der Waals surface area contributed by atoms with Crippen molar-refractivity contribution in [1.29, 1.82) is 0 Å². The first kappa shape index (κ1) is 7.60. The highest BCUT2D eigenvalue weighted by molar-refractivity contribution is 4.91. The second-order valence-electron chi connectivity index (χ2n) is 4.69. The molecular weight excluding hydrogens is 136 g/mol. The van der Waals surface area contributed by atoms with Crippen LogP contribution >= 0.6 is 0 Å². The lowest BCUT2D eigenvalue weighted by molar-refractivity contribution is 0.0137. The summed E-state index contributed by atoms with van der Waals surface area (Å²) in [5, 5.41) is 0. The van der Waals surface area contributed by atoms with Gasteiger partial charge < -0.3 is 4.74 Å². The van der Waals surface area contributed by atoms with Crippen LogP contribution in [0.25, 0.3) is 0 Å². The highest BCUT2D eigenvalue weighted by Gasteiger charge is 2.42. The van der Waals surface area contributed by atoms with Gasteiger partial charge in [-0.15, -0.1) is 0 Å². The minimum Gasteiger partial charge on any atom is -0.378 e. The molecule has 1 heterocycles. The van der Waals surface area contributed by atoms with Gasteiger partial charge in [0.05, 0.1) is 6.10 Å². The van der Waals surface area contributed by atoms with Crippen molar-refractivity contribution in [2.45, 2.75) is 45.6 Å². The Bertz CT molecular complexity index is 151. The molecular formula is C10H18O. The summed E-state index contributed by atoms with van der Waals surface area (Å²) in [5.41, 5.74) is 0.555. The third-order valence-corrected chi connectivity index (χ3v) is 3.52. The van der Waals surface area contributed by atoms with Gasteiger partial charge in [-0.3, -0.25) is 0 Å². The number of ether oxygens (including phenoxy) is 1. The Balaban J connectivity index is 2.13. The summed E-state index contributed by atoms with van der Waals surface area (Å²) < 4.78 is 5.69. The maximum absolute atomic E-state index is 5.69. The summed E-state index contributed by atoms with van der Waals surface area (Å²) in [4.78, 5) is 0. The van der Waals surface area contributed by atoms with Crippen LogP contribution in [0.2, 0.25) is 0 Å². The van der Waals surface area contributed by atoms with Gasteiger partial charge in [0.25, 0.3) is 0 Å². The molecule has 0 aromatic rings. The molecule has 1 nitrogen and oxygen atoms in total. The van der Waals surface area contributed by atoms with Crippen LogP contribution in [0.15, 0.2) is 0 Å². The van der Waals surface area contributed by atoms with Crippen molar-refractivity contribution in [1.82, 2.24) is 0 Å². The molecule has 0 bridgehead atoms. The first-order chi connectivity index (χ1) is 5.20. The summed E-state index contributed by atoms with van der Waals surface area (Å²) in [6.07, 6.45) is 6.00. The molecule has 0 unspecified atom stereocenters. The summed E-state index contributed by atoms with van der Waals surface area (Å²) in [6.45, 7) is 5.82. The van der Waals surface area contributed by atoms with Crippen LogP contribution in [0.3, 0.4) is 0 Å². The predicted octanol–water partition coefficient (Wildman–Crippen LogP) is 2.60. The average Bonchev–Trinajstić information content (AvgIpc) is 2.34. The number of hydrogen-bond donors (Lipinski definition) is 0. The zero-order chi connectivity index (χ0) is 7.90. The fraction of sp³-hybridized carbons (Fsp3) is 1.00. The van der Waals surface area contributed by atoms with E-state index in [0.29, 0.717) is 11.5 Å². The van der Waals surface area contributed by atoms with E-state index in [9.17, 15) is 0 Å². The third-order valence-electron chi connectivity index (χ3n) is 3.52. The van der Waals surface area contributed by atoms with Crippen molar-refractivity contribution in [2.24, 2.45) is 11.3 Å². The van der Waals surface area contributed by atoms with Crippen molar-refractivity contribution < 1.29 is 4.74 Å². The summed E-state index contributed by atoms with van der Waals surface area (Å²) in [7, 11) is 0. The molecule has 1 heteroatoms. The van der Waals surface area contributed by atoms with E-state index in [2.05, 4.69) is 13.8 Å². The van der Waals surface area contributed by atoms with Crippen LogP contribution < -0.4 is 0 Å². The van der Waals surface area contributed by atoms with Crippen molar-refractivity contribution in [3.8, 4) is 0 Å². The lowest BCUT2D eigenvalue weighted by atomic mass is 9.67. The van der Waals surface area contributed by atoms with Gasteiger partial charge in [-0.05, 0) is 30.6 Å². The van der Waals surface area contributed by atoms with E-state index in [-0.39, 0.29) is 0 Å². The van der Waals surface area contributed by atoms with Crippen LogP contribution in [-0.2, 0) is 4.74 Å². The highest BCUT2D eigenvalue weighted by atomic mass is 16.5. The molecule has 0 aromatic heterocycles. The van der Waals surface area contributed by atoms with Crippen LogP contribution in [0, 0.1) is 11.3 Å². The standard InChI is InChI=1S/C10H18O/c1-10(2)6-3-4-9-8(10)5-7-11-9/h8-9H,3-7H2,1-2H3/t8-,9-/m0/s1. The van der Waals surface area contributed by atoms with Gasteiger partial charge in [0.15, 0.2) is 0 Å². The van der Waals surface area contributed by atoms with Crippen molar-refractivity contribution in [2.75, 3.05) is 6.61 Å². The number of hydrogen-bond acceptors (Lipinski definition) is 1. The van der Waals surface area contributed by atoms with Crippen molar-refractivity contribution in [3.63, 3.8) is 0 Å². The van der Waals surface area contributed by atoms with Gasteiger partial charge >= 0.3 is 0 Å². The Labute approximate surface area is 69.1 Å². The topological polar surface area (TPSA) is 9.23 Å². The normalized spacial score (nSPS) is 42.0. The van der Waals surface area contributed by atoms with E-state index in [4.69, 9.17) is 4.74 Å². The van der Waals surface area contributed by atoms with E-state index in [1.807, 2.05) is 0 Å². The molecule has 0 radical (unpaired) electrons. The van der Waals surface area contributed by atoms with Gasteiger partial charge in [-0.1, -0.05) is 20.3 Å². The fourth-order valence-corrected chi connectivity index (χ4v) is 2.77. The van der Waals surface area contributed by atoms with E-state index in [1.165, 1.54) is 25.7 Å². The van der Waals surface area contributed by atoms with E-state index in [1.54, 1.807) is 0 Å². The largest absolute Gasteiger partial charge is 0.378 e. The predicted molar refractivity (Wildman–Crippen MR) is 45.5 cm³/mol. The molecule has 0 spiro atoms. The van der Waals surface area contributed by atoms with Gasteiger partial charge in [0, 0.05) is 6.61 Å². The Morgan fingerprint density at radius 3 is 2.82 bits per heavy atom. The summed E-state index contributed by atoms with van der Waals surface area (Å²) >= 11 is 0. The van der Waals surface area contributed by atoms with Crippen LogP contribution in [0.5, 0.6) is 0 Å². The molecule has 1 aliphatic heterocycles. The molecule has 1 saturated heterocycles. The Morgan fingerprint density at radius 1 is 1.27 bits per heavy atom. The van der Waals surface area contributed by atoms with Crippen molar-refractivity contribution >= 4 is 0 Å². The molecule has 2 atom stereocenters. The maximum Gasteiger partial charge on any atom is 0.0609 e. The summed E-state index contributed by atoms with van der Waals surface area (Å²) in [6, 6.07) is 0. The summed E-state index contributed by atoms with van der Waals surface area (Å²) in [5.74, 6) is 0.858. The van der Waals surface area contributed by atoms with E-state index in [0.717, 1.165) is 12.5 Å². The molecule has 2 rings (SSSR count). The molecule has 1 aliphatic carbocycles.